The van der Waals surface area contributed by atoms with Gasteiger partial charge in [0.25, 0.3) is 0 Å². The minimum atomic E-state index is -0.153. The van der Waals surface area contributed by atoms with Crippen molar-refractivity contribution in [2.24, 2.45) is 5.73 Å². The lowest BCUT2D eigenvalue weighted by Gasteiger charge is -2.11. The molecule has 102 valence electrons. The van der Waals surface area contributed by atoms with Gasteiger partial charge in [-0.2, -0.15) is 0 Å². The monoisotopic (exact) mass is 261 g/mol. The zero-order valence-electron chi connectivity index (χ0n) is 11.0. The molecule has 1 aliphatic heterocycles. The number of amides is 2. The predicted molar refractivity (Wildman–Crippen MR) is 74.9 cm³/mol. The fourth-order valence-electron chi connectivity index (χ4n) is 2.16. The third-order valence-corrected chi connectivity index (χ3v) is 3.02. The Bertz CT molecular complexity index is 497. The third-order valence-electron chi connectivity index (χ3n) is 3.02. The van der Waals surface area contributed by atoms with Crippen molar-refractivity contribution in [2.75, 3.05) is 10.6 Å². The molecule has 2 rings (SSSR count). The molecule has 5 heteroatoms. The van der Waals surface area contributed by atoms with Gasteiger partial charge in [-0.05, 0) is 43.5 Å². The minimum absolute atomic E-state index is 0.0486. The van der Waals surface area contributed by atoms with Gasteiger partial charge in [-0.15, -0.1) is 0 Å². The second-order valence-corrected chi connectivity index (χ2v) is 5.00. The van der Waals surface area contributed by atoms with E-state index in [9.17, 15) is 9.59 Å². The Morgan fingerprint density at radius 1 is 1.47 bits per heavy atom. The van der Waals surface area contributed by atoms with Crippen LogP contribution in [0, 0.1) is 0 Å². The van der Waals surface area contributed by atoms with Crippen molar-refractivity contribution in [1.82, 2.24) is 0 Å². The van der Waals surface area contributed by atoms with Crippen LogP contribution in [0.3, 0.4) is 0 Å². The Balaban J connectivity index is 2.10. The Hall–Kier alpha value is -1.88. The highest BCUT2D eigenvalue weighted by atomic mass is 16.2. The van der Waals surface area contributed by atoms with Crippen molar-refractivity contribution in [3.63, 3.8) is 0 Å². The summed E-state index contributed by atoms with van der Waals surface area (Å²) in [6.07, 6.45) is 2.51. The maximum atomic E-state index is 11.7. The molecule has 0 saturated heterocycles. The van der Waals surface area contributed by atoms with Crippen molar-refractivity contribution in [3.8, 4) is 0 Å². The number of nitrogens with one attached hydrogen (secondary N) is 2. The van der Waals surface area contributed by atoms with Gasteiger partial charge in [0.2, 0.25) is 11.8 Å². The average molecular weight is 261 g/mol. The summed E-state index contributed by atoms with van der Waals surface area (Å²) in [7, 11) is 0. The third kappa shape index (κ3) is 3.79. The number of aryl methyl sites for hydroxylation is 1. The lowest BCUT2D eigenvalue weighted by molar-refractivity contribution is -0.117. The lowest BCUT2D eigenvalue weighted by atomic mass is 10.1. The van der Waals surface area contributed by atoms with Crippen LogP contribution in [0.5, 0.6) is 0 Å². The summed E-state index contributed by atoms with van der Waals surface area (Å²) in [4.78, 5) is 23.1. The van der Waals surface area contributed by atoms with E-state index in [1.165, 1.54) is 0 Å². The Morgan fingerprint density at radius 2 is 2.26 bits per heavy atom. The highest BCUT2D eigenvalue weighted by molar-refractivity contribution is 5.94. The summed E-state index contributed by atoms with van der Waals surface area (Å²) >= 11 is 0. The normalized spacial score (nSPS) is 16.0. The van der Waals surface area contributed by atoms with E-state index in [0.29, 0.717) is 12.8 Å². The number of hydrogen-bond donors (Lipinski definition) is 3. The molecular formula is C14H19N3O2. The van der Waals surface area contributed by atoms with E-state index in [4.69, 9.17) is 5.73 Å². The highest BCUT2D eigenvalue weighted by Crippen LogP contribution is 2.25. The first kappa shape index (κ1) is 13.5. The van der Waals surface area contributed by atoms with E-state index in [2.05, 4.69) is 10.6 Å². The summed E-state index contributed by atoms with van der Waals surface area (Å²) in [5.41, 5.74) is 8.24. The van der Waals surface area contributed by atoms with Gasteiger partial charge in [-0.3, -0.25) is 9.59 Å². The molecule has 1 aromatic carbocycles. The second kappa shape index (κ2) is 5.84. The van der Waals surface area contributed by atoms with Crippen LogP contribution in [0.4, 0.5) is 11.4 Å². The predicted octanol–water partition coefficient (Wildman–Crippen LogP) is 1.64. The molecule has 19 heavy (non-hydrogen) atoms. The van der Waals surface area contributed by atoms with Crippen molar-refractivity contribution in [3.05, 3.63) is 23.8 Å². The summed E-state index contributed by atoms with van der Waals surface area (Å²) in [6, 6.07) is 5.39. The van der Waals surface area contributed by atoms with E-state index >= 15 is 0 Å². The molecule has 0 spiro atoms. The Morgan fingerprint density at radius 3 is 3.00 bits per heavy atom. The number of carbonyl (C=O) groups is 2. The molecule has 2 amide bonds. The number of nitrogens with two attached hydrogens (primary N) is 1. The topological polar surface area (TPSA) is 84.2 Å². The Kier molecular flexibility index (Phi) is 4.16. The van der Waals surface area contributed by atoms with E-state index in [1.54, 1.807) is 13.0 Å². The number of hydrogen-bond acceptors (Lipinski definition) is 3. The van der Waals surface area contributed by atoms with Crippen LogP contribution < -0.4 is 16.4 Å². The first-order chi connectivity index (χ1) is 9.04. The van der Waals surface area contributed by atoms with Gasteiger partial charge in [0, 0.05) is 30.3 Å². The van der Waals surface area contributed by atoms with Crippen LogP contribution in [-0.2, 0) is 16.0 Å². The van der Waals surface area contributed by atoms with Gasteiger partial charge in [0.1, 0.15) is 0 Å². The quantitative estimate of drug-likeness (QED) is 0.773. The smallest absolute Gasteiger partial charge is 0.225 e. The minimum Gasteiger partial charge on any atom is -0.327 e. The van der Waals surface area contributed by atoms with Crippen LogP contribution in [0.2, 0.25) is 0 Å². The van der Waals surface area contributed by atoms with Gasteiger partial charge in [-0.1, -0.05) is 0 Å². The van der Waals surface area contributed by atoms with E-state index in [1.807, 2.05) is 12.1 Å². The zero-order chi connectivity index (χ0) is 13.8. The average Bonchev–Trinajstić information content (AvgIpc) is 2.48. The standard InChI is InChI=1S/C14H19N3O2/c1-9(15)7-14(19)16-11-5-6-12-10(8-11)3-2-4-13(18)17-12/h5-6,8-9H,2-4,7,15H2,1H3,(H,16,19)(H,17,18). The van der Waals surface area contributed by atoms with Crippen LogP contribution >= 0.6 is 0 Å². The molecular weight excluding hydrogens is 242 g/mol. The molecule has 1 atom stereocenters. The van der Waals surface area contributed by atoms with Crippen LogP contribution in [-0.4, -0.2) is 17.9 Å². The fourth-order valence-corrected chi connectivity index (χ4v) is 2.16. The summed E-state index contributed by atoms with van der Waals surface area (Å²) in [5.74, 6) is -0.0416. The molecule has 4 N–H and O–H groups in total. The largest absolute Gasteiger partial charge is 0.327 e. The van der Waals surface area contributed by atoms with Crippen LogP contribution in [0.15, 0.2) is 18.2 Å². The molecule has 0 saturated carbocycles. The zero-order valence-corrected chi connectivity index (χ0v) is 11.0. The molecule has 0 bridgehead atoms. The molecule has 1 aromatic rings. The first-order valence-corrected chi connectivity index (χ1v) is 6.53. The number of anilines is 2. The maximum Gasteiger partial charge on any atom is 0.225 e. The lowest BCUT2D eigenvalue weighted by Crippen LogP contribution is -2.24. The van der Waals surface area contributed by atoms with Gasteiger partial charge in [0.05, 0.1) is 0 Å². The van der Waals surface area contributed by atoms with Crippen molar-refractivity contribution >= 4 is 23.2 Å². The summed E-state index contributed by atoms with van der Waals surface area (Å²) < 4.78 is 0. The molecule has 5 nitrogen and oxygen atoms in total. The summed E-state index contributed by atoms with van der Waals surface area (Å²) in [6.45, 7) is 1.80. The van der Waals surface area contributed by atoms with Crippen molar-refractivity contribution in [2.45, 2.75) is 38.6 Å². The first-order valence-electron chi connectivity index (χ1n) is 6.53. The van der Waals surface area contributed by atoms with Gasteiger partial charge >= 0.3 is 0 Å². The molecule has 1 unspecified atom stereocenters. The van der Waals surface area contributed by atoms with Crippen LogP contribution in [0.1, 0.15) is 31.7 Å². The van der Waals surface area contributed by atoms with E-state index in [-0.39, 0.29) is 17.9 Å². The maximum absolute atomic E-state index is 11.7. The van der Waals surface area contributed by atoms with Crippen LogP contribution in [0.25, 0.3) is 0 Å². The molecule has 0 fully saturated rings. The number of rotatable bonds is 3. The summed E-state index contributed by atoms with van der Waals surface area (Å²) in [5, 5.41) is 5.69. The molecule has 0 aromatic heterocycles. The molecule has 1 aliphatic rings. The van der Waals surface area contributed by atoms with Crippen molar-refractivity contribution in [1.29, 1.82) is 0 Å². The second-order valence-electron chi connectivity index (χ2n) is 5.00. The number of fused-ring (bicyclic) bond motifs is 1. The molecule has 1 heterocycles. The fraction of sp³-hybridized carbons (Fsp3) is 0.429. The van der Waals surface area contributed by atoms with Crippen molar-refractivity contribution < 1.29 is 9.59 Å². The molecule has 0 radical (unpaired) electrons. The number of carbonyl (C=O) groups excluding carboxylic acids is 2. The van der Waals surface area contributed by atoms with Gasteiger partial charge in [-0.25, -0.2) is 0 Å². The highest BCUT2D eigenvalue weighted by Gasteiger charge is 2.13. The molecule has 0 aliphatic carbocycles. The Labute approximate surface area is 112 Å². The van der Waals surface area contributed by atoms with Gasteiger partial charge in [0.15, 0.2) is 0 Å². The van der Waals surface area contributed by atoms with Gasteiger partial charge < -0.3 is 16.4 Å². The SMILES string of the molecule is CC(N)CC(=O)Nc1ccc2c(c1)CCCC(=O)N2. The van der Waals surface area contributed by atoms with E-state index in [0.717, 1.165) is 29.8 Å². The van der Waals surface area contributed by atoms with E-state index < -0.39 is 0 Å². The number of benzene rings is 1.